The van der Waals surface area contributed by atoms with E-state index in [0.717, 1.165) is 0 Å². The van der Waals surface area contributed by atoms with Crippen LogP contribution in [-0.2, 0) is 9.53 Å². The third-order valence-electron chi connectivity index (χ3n) is 3.01. The Bertz CT molecular complexity index is 536. The highest BCUT2D eigenvalue weighted by atomic mass is 19.4. The first-order chi connectivity index (χ1) is 11.6. The second kappa shape index (κ2) is 7.18. The van der Waals surface area contributed by atoms with Crippen molar-refractivity contribution in [2.75, 3.05) is 0 Å². The van der Waals surface area contributed by atoms with E-state index in [0.29, 0.717) is 0 Å². The minimum atomic E-state index is -7.94. The molecule has 0 bridgehead atoms. The smallest absolute Gasteiger partial charge is 0.460 e. The van der Waals surface area contributed by atoms with Gasteiger partial charge in [-0.2, -0.15) is 57.1 Å². The standard InChI is InChI=1S/C12H11F13O2/c1-5(2)27-6(26)3-4-7(13,14)8(15,16)9(17,18)10(19,20)11(21,22)12(23,24)25/h5H,3-4H2,1-2H3. The number of hydrogen-bond donors (Lipinski definition) is 0. The molecule has 0 saturated carbocycles. The Balaban J connectivity index is 5.84. The summed E-state index contributed by atoms with van der Waals surface area (Å²) in [7, 11) is 0. The minimum Gasteiger partial charge on any atom is -0.463 e. The lowest BCUT2D eigenvalue weighted by atomic mass is 9.92. The van der Waals surface area contributed by atoms with Crippen LogP contribution in [0.25, 0.3) is 0 Å². The summed E-state index contributed by atoms with van der Waals surface area (Å²) in [4.78, 5) is 11.0. The number of ether oxygens (including phenoxy) is 1. The first kappa shape index (κ1) is 25.6. The van der Waals surface area contributed by atoms with Gasteiger partial charge in [-0.3, -0.25) is 4.79 Å². The third-order valence-corrected chi connectivity index (χ3v) is 3.01. The van der Waals surface area contributed by atoms with Crippen molar-refractivity contribution >= 4 is 5.97 Å². The van der Waals surface area contributed by atoms with Crippen LogP contribution in [0.5, 0.6) is 0 Å². The van der Waals surface area contributed by atoms with Crippen LogP contribution in [0.15, 0.2) is 0 Å². The predicted molar refractivity (Wildman–Crippen MR) is 61.3 cm³/mol. The van der Waals surface area contributed by atoms with E-state index in [4.69, 9.17) is 0 Å². The second-order valence-corrected chi connectivity index (χ2v) is 5.54. The molecule has 27 heavy (non-hydrogen) atoms. The van der Waals surface area contributed by atoms with Crippen LogP contribution in [0.2, 0.25) is 0 Å². The van der Waals surface area contributed by atoms with Gasteiger partial charge >= 0.3 is 41.8 Å². The largest absolute Gasteiger partial charge is 0.463 e. The Hall–Kier alpha value is -1.44. The maximum Gasteiger partial charge on any atom is 0.460 e. The van der Waals surface area contributed by atoms with Crippen LogP contribution in [0.4, 0.5) is 57.1 Å². The van der Waals surface area contributed by atoms with Crippen LogP contribution in [0.1, 0.15) is 26.7 Å². The molecule has 0 aliphatic carbocycles. The average molecular weight is 434 g/mol. The van der Waals surface area contributed by atoms with Crippen molar-refractivity contribution < 1.29 is 66.6 Å². The summed E-state index contributed by atoms with van der Waals surface area (Å²) in [6.07, 6.45) is -12.7. The monoisotopic (exact) mass is 434 g/mol. The average Bonchev–Trinajstić information content (AvgIpc) is 2.42. The van der Waals surface area contributed by atoms with E-state index in [1.165, 1.54) is 13.8 Å². The Morgan fingerprint density at radius 1 is 0.704 bits per heavy atom. The van der Waals surface area contributed by atoms with Gasteiger partial charge in [0.25, 0.3) is 0 Å². The Labute approximate surface area is 142 Å². The molecule has 0 aromatic carbocycles. The molecule has 0 spiro atoms. The molecule has 15 heteroatoms. The van der Waals surface area contributed by atoms with E-state index in [1.54, 1.807) is 0 Å². The molecular formula is C12H11F13O2. The highest BCUT2D eigenvalue weighted by Crippen LogP contribution is 2.60. The molecule has 0 N–H and O–H groups in total. The molecule has 0 aromatic heterocycles. The number of esters is 1. The number of rotatable bonds is 8. The van der Waals surface area contributed by atoms with Crippen LogP contribution in [0.3, 0.4) is 0 Å². The van der Waals surface area contributed by atoms with Crippen LogP contribution < -0.4 is 0 Å². The molecule has 0 radical (unpaired) electrons. The fourth-order valence-electron chi connectivity index (χ4n) is 1.54. The van der Waals surface area contributed by atoms with Gasteiger partial charge in [-0.15, -0.1) is 0 Å². The van der Waals surface area contributed by atoms with E-state index < -0.39 is 60.7 Å². The van der Waals surface area contributed by atoms with Crippen molar-refractivity contribution in [3.8, 4) is 0 Å². The molecule has 0 saturated heterocycles. The zero-order valence-electron chi connectivity index (χ0n) is 13.2. The summed E-state index contributed by atoms with van der Waals surface area (Å²) >= 11 is 0. The predicted octanol–water partition coefficient (Wildman–Crippen LogP) is 5.46. The summed E-state index contributed by atoms with van der Waals surface area (Å²) in [5.74, 6) is -38.8. The molecule has 0 aromatic rings. The first-order valence-electron chi connectivity index (χ1n) is 6.71. The number of carbonyl (C=O) groups is 1. The number of alkyl halides is 13. The molecular weight excluding hydrogens is 423 g/mol. The second-order valence-electron chi connectivity index (χ2n) is 5.54. The fraction of sp³-hybridized carbons (Fsp3) is 0.917. The number of halogens is 13. The van der Waals surface area contributed by atoms with E-state index >= 15 is 0 Å². The summed E-state index contributed by atoms with van der Waals surface area (Å²) in [6, 6.07) is 0. The lowest BCUT2D eigenvalue weighted by molar-refractivity contribution is -0.440. The van der Waals surface area contributed by atoms with Gasteiger partial charge in [0.15, 0.2) is 0 Å². The Morgan fingerprint density at radius 3 is 1.41 bits per heavy atom. The lowest BCUT2D eigenvalue weighted by Gasteiger charge is -2.39. The van der Waals surface area contributed by atoms with E-state index in [1.807, 2.05) is 0 Å². The highest BCUT2D eigenvalue weighted by Gasteiger charge is 2.90. The van der Waals surface area contributed by atoms with Crippen molar-refractivity contribution in [3.05, 3.63) is 0 Å². The molecule has 0 rings (SSSR count). The molecule has 0 unspecified atom stereocenters. The van der Waals surface area contributed by atoms with E-state index in [-0.39, 0.29) is 0 Å². The normalized spacial score (nSPS) is 15.3. The quantitative estimate of drug-likeness (QED) is 0.375. The van der Waals surface area contributed by atoms with Crippen LogP contribution >= 0.6 is 0 Å². The summed E-state index contributed by atoms with van der Waals surface area (Å²) < 4.78 is 170. The van der Waals surface area contributed by atoms with E-state index in [9.17, 15) is 61.9 Å². The lowest BCUT2D eigenvalue weighted by Crippen LogP contribution is -2.70. The maximum absolute atomic E-state index is 13.3. The van der Waals surface area contributed by atoms with Gasteiger partial charge in [0.1, 0.15) is 0 Å². The van der Waals surface area contributed by atoms with Crippen molar-refractivity contribution in [1.29, 1.82) is 0 Å². The van der Waals surface area contributed by atoms with Gasteiger partial charge < -0.3 is 4.74 Å². The Morgan fingerprint density at radius 2 is 1.07 bits per heavy atom. The zero-order chi connectivity index (χ0) is 22.3. The van der Waals surface area contributed by atoms with Gasteiger partial charge in [-0.05, 0) is 13.8 Å². The third kappa shape index (κ3) is 4.36. The maximum atomic E-state index is 13.3. The number of carbonyl (C=O) groups excluding carboxylic acids is 1. The Kier molecular flexibility index (Phi) is 6.80. The van der Waals surface area contributed by atoms with E-state index in [2.05, 4.69) is 4.74 Å². The van der Waals surface area contributed by atoms with Gasteiger partial charge in [-0.1, -0.05) is 0 Å². The molecule has 0 fully saturated rings. The molecule has 0 atom stereocenters. The molecule has 0 aliphatic rings. The van der Waals surface area contributed by atoms with Gasteiger partial charge in [0, 0.05) is 6.42 Å². The first-order valence-corrected chi connectivity index (χ1v) is 6.71. The van der Waals surface area contributed by atoms with Crippen molar-refractivity contribution in [2.24, 2.45) is 0 Å². The molecule has 0 amide bonds. The minimum absolute atomic E-state index is 0.970. The van der Waals surface area contributed by atoms with Crippen LogP contribution in [0, 0.1) is 0 Å². The summed E-state index contributed by atoms with van der Waals surface area (Å²) in [5.41, 5.74) is 0. The van der Waals surface area contributed by atoms with Gasteiger partial charge in [0.2, 0.25) is 0 Å². The summed E-state index contributed by atoms with van der Waals surface area (Å²) in [6.45, 7) is 2.33. The van der Waals surface area contributed by atoms with Crippen molar-refractivity contribution in [3.63, 3.8) is 0 Å². The van der Waals surface area contributed by atoms with Crippen LogP contribution in [-0.4, -0.2) is 47.9 Å². The SMILES string of the molecule is CC(C)OC(=O)CCC(F)(F)C(F)(F)C(F)(F)C(F)(F)C(F)(F)C(F)(F)F. The van der Waals surface area contributed by atoms with Gasteiger partial charge in [0.05, 0.1) is 12.5 Å². The number of hydrogen-bond acceptors (Lipinski definition) is 2. The van der Waals surface area contributed by atoms with Crippen molar-refractivity contribution in [2.45, 2.75) is 68.6 Å². The topological polar surface area (TPSA) is 26.3 Å². The molecule has 162 valence electrons. The van der Waals surface area contributed by atoms with Gasteiger partial charge in [-0.25, -0.2) is 0 Å². The zero-order valence-corrected chi connectivity index (χ0v) is 13.2. The molecule has 0 aliphatic heterocycles. The summed E-state index contributed by atoms with van der Waals surface area (Å²) in [5, 5.41) is 0. The highest BCUT2D eigenvalue weighted by molar-refractivity contribution is 5.69. The molecule has 0 heterocycles. The van der Waals surface area contributed by atoms with Crippen molar-refractivity contribution in [1.82, 2.24) is 0 Å². The fourth-order valence-corrected chi connectivity index (χ4v) is 1.54. The molecule has 2 nitrogen and oxygen atoms in total.